The number of aromatic nitrogens is 2. The van der Waals surface area contributed by atoms with E-state index >= 15 is 0 Å². The normalized spacial score (nSPS) is 16.5. The topological polar surface area (TPSA) is 76.7 Å². The van der Waals surface area contributed by atoms with Gasteiger partial charge in [0.15, 0.2) is 0 Å². The van der Waals surface area contributed by atoms with Crippen molar-refractivity contribution >= 4 is 11.7 Å². The fourth-order valence-corrected chi connectivity index (χ4v) is 4.24. The predicted octanol–water partition coefficient (Wildman–Crippen LogP) is 5.89. The zero-order valence-electron chi connectivity index (χ0n) is 18.5. The summed E-state index contributed by atoms with van der Waals surface area (Å²) in [7, 11) is 0. The van der Waals surface area contributed by atoms with Crippen LogP contribution in [0, 0.1) is 5.92 Å². The van der Waals surface area contributed by atoms with Gasteiger partial charge in [-0.1, -0.05) is 36.6 Å². The average molecular weight is 466 g/mol. The molecule has 1 aromatic carbocycles. The van der Waals surface area contributed by atoms with Crippen LogP contribution in [0.15, 0.2) is 48.1 Å². The van der Waals surface area contributed by atoms with E-state index in [9.17, 15) is 18.0 Å². The standard InChI is InChI=1S/C24H30F3N3O3/c25-24(26,27)20-11-9-18(10-12-20)16-21(30-14-13-28-17-30)23(19-6-2-1-3-7-19)29-33-15-5-4-8-22(31)32/h9-14,17,19,21H,1-8,15-16H2,(H,31,32)/b29-23-. The van der Waals surface area contributed by atoms with Crippen LogP contribution in [0.25, 0.3) is 0 Å². The molecule has 33 heavy (non-hydrogen) atoms. The minimum Gasteiger partial charge on any atom is -0.481 e. The summed E-state index contributed by atoms with van der Waals surface area (Å²) >= 11 is 0. The van der Waals surface area contributed by atoms with Gasteiger partial charge >= 0.3 is 12.1 Å². The summed E-state index contributed by atoms with van der Waals surface area (Å²) in [5.41, 5.74) is 0.966. The van der Waals surface area contributed by atoms with E-state index in [2.05, 4.69) is 10.1 Å². The zero-order chi connectivity index (χ0) is 23.7. The molecule has 0 bridgehead atoms. The highest BCUT2D eigenvalue weighted by Gasteiger charge is 2.31. The van der Waals surface area contributed by atoms with Crippen LogP contribution < -0.4 is 0 Å². The van der Waals surface area contributed by atoms with Crippen LogP contribution in [-0.4, -0.2) is 32.9 Å². The number of imidazole rings is 1. The molecule has 1 atom stereocenters. The summed E-state index contributed by atoms with van der Waals surface area (Å²) < 4.78 is 40.8. The summed E-state index contributed by atoms with van der Waals surface area (Å²) in [6.45, 7) is 0.320. The molecular formula is C24H30F3N3O3. The van der Waals surface area contributed by atoms with Gasteiger partial charge in [-0.05, 0) is 49.8 Å². The number of carbonyl (C=O) groups is 1. The van der Waals surface area contributed by atoms with Crippen molar-refractivity contribution in [3.63, 3.8) is 0 Å². The first-order chi connectivity index (χ1) is 15.8. The third-order valence-corrected chi connectivity index (χ3v) is 6.01. The molecule has 1 aliphatic rings. The van der Waals surface area contributed by atoms with E-state index < -0.39 is 17.7 Å². The predicted molar refractivity (Wildman–Crippen MR) is 118 cm³/mol. The lowest BCUT2D eigenvalue weighted by Crippen LogP contribution is -2.30. The molecule has 1 heterocycles. The highest BCUT2D eigenvalue weighted by atomic mass is 19.4. The molecule has 1 aliphatic carbocycles. The van der Waals surface area contributed by atoms with Crippen molar-refractivity contribution in [2.75, 3.05) is 6.61 Å². The lowest BCUT2D eigenvalue weighted by atomic mass is 9.82. The molecule has 180 valence electrons. The van der Waals surface area contributed by atoms with Crippen LogP contribution in [0.1, 0.15) is 68.5 Å². The first-order valence-corrected chi connectivity index (χ1v) is 11.4. The Morgan fingerprint density at radius 1 is 1.18 bits per heavy atom. The summed E-state index contributed by atoms with van der Waals surface area (Å²) in [6.07, 6.45) is 7.82. The van der Waals surface area contributed by atoms with Gasteiger partial charge in [-0.3, -0.25) is 4.79 Å². The van der Waals surface area contributed by atoms with Crippen molar-refractivity contribution in [2.24, 2.45) is 11.1 Å². The zero-order valence-corrected chi connectivity index (χ0v) is 18.5. The molecule has 2 aromatic rings. The van der Waals surface area contributed by atoms with Crippen molar-refractivity contribution in [1.29, 1.82) is 0 Å². The van der Waals surface area contributed by atoms with E-state index in [1.165, 1.54) is 18.6 Å². The number of rotatable bonds is 11. The van der Waals surface area contributed by atoms with Crippen LogP contribution in [0.2, 0.25) is 0 Å². The molecule has 1 N–H and O–H groups in total. The molecule has 0 amide bonds. The molecule has 0 spiro atoms. The number of aliphatic carboxylic acids is 1. The summed E-state index contributed by atoms with van der Waals surface area (Å²) in [5, 5.41) is 13.3. The summed E-state index contributed by atoms with van der Waals surface area (Å²) in [6, 6.07) is 5.01. The summed E-state index contributed by atoms with van der Waals surface area (Å²) in [5.74, 6) is -0.613. The van der Waals surface area contributed by atoms with E-state index in [-0.39, 0.29) is 18.4 Å². The van der Waals surface area contributed by atoms with Crippen molar-refractivity contribution in [3.8, 4) is 0 Å². The van der Waals surface area contributed by atoms with Crippen molar-refractivity contribution in [3.05, 3.63) is 54.1 Å². The molecule has 3 rings (SSSR count). The first kappa shape index (κ1) is 24.8. The van der Waals surface area contributed by atoms with Crippen LogP contribution in [0.3, 0.4) is 0 Å². The van der Waals surface area contributed by atoms with Gasteiger partial charge in [0, 0.05) is 24.7 Å². The second kappa shape index (κ2) is 11.9. The van der Waals surface area contributed by atoms with Gasteiger partial charge in [0.1, 0.15) is 6.61 Å². The van der Waals surface area contributed by atoms with Crippen LogP contribution in [0.5, 0.6) is 0 Å². The monoisotopic (exact) mass is 465 g/mol. The highest BCUT2D eigenvalue weighted by Crippen LogP contribution is 2.32. The molecule has 1 saturated carbocycles. The van der Waals surface area contributed by atoms with Crippen molar-refractivity contribution in [1.82, 2.24) is 9.55 Å². The fourth-order valence-electron chi connectivity index (χ4n) is 4.24. The Labute approximate surface area is 191 Å². The van der Waals surface area contributed by atoms with E-state index in [0.29, 0.717) is 25.9 Å². The van der Waals surface area contributed by atoms with E-state index in [4.69, 9.17) is 9.94 Å². The Balaban J connectivity index is 1.80. The van der Waals surface area contributed by atoms with Crippen LogP contribution >= 0.6 is 0 Å². The van der Waals surface area contributed by atoms with Crippen LogP contribution in [0.4, 0.5) is 13.2 Å². The SMILES string of the molecule is O=C(O)CCCCO/N=C(/C1CCCCC1)C(Cc1ccc(C(F)(F)F)cc1)n1ccnc1. The van der Waals surface area contributed by atoms with Crippen molar-refractivity contribution in [2.45, 2.75) is 70.0 Å². The Morgan fingerprint density at radius 3 is 2.52 bits per heavy atom. The van der Waals surface area contributed by atoms with Gasteiger partial charge < -0.3 is 14.5 Å². The van der Waals surface area contributed by atoms with Crippen LogP contribution in [-0.2, 0) is 22.2 Å². The maximum atomic E-state index is 13.0. The molecule has 1 fully saturated rings. The summed E-state index contributed by atoms with van der Waals surface area (Å²) in [4.78, 5) is 20.5. The number of nitrogens with zero attached hydrogens (tertiary/aromatic N) is 3. The second-order valence-electron chi connectivity index (χ2n) is 8.46. The maximum absolute atomic E-state index is 13.0. The number of hydrogen-bond acceptors (Lipinski definition) is 4. The molecule has 0 saturated heterocycles. The Kier molecular flexibility index (Phi) is 8.91. The maximum Gasteiger partial charge on any atom is 0.416 e. The van der Waals surface area contributed by atoms with E-state index in [0.717, 1.165) is 49.1 Å². The third kappa shape index (κ3) is 7.61. The number of carboxylic acids is 1. The molecule has 9 heteroatoms. The molecular weight excluding hydrogens is 435 g/mol. The van der Waals surface area contributed by atoms with Gasteiger partial charge in [-0.15, -0.1) is 0 Å². The van der Waals surface area contributed by atoms with Gasteiger partial charge in [0.2, 0.25) is 0 Å². The number of carboxylic acid groups (broad SMARTS) is 1. The average Bonchev–Trinajstić information content (AvgIpc) is 3.32. The Bertz CT molecular complexity index is 890. The second-order valence-corrected chi connectivity index (χ2v) is 8.46. The lowest BCUT2D eigenvalue weighted by molar-refractivity contribution is -0.138. The lowest BCUT2D eigenvalue weighted by Gasteiger charge is -2.29. The minimum atomic E-state index is -4.37. The molecule has 0 aliphatic heterocycles. The van der Waals surface area contributed by atoms with Gasteiger partial charge in [-0.25, -0.2) is 4.98 Å². The fraction of sp³-hybridized carbons (Fsp3) is 0.542. The number of unbranched alkanes of at least 4 members (excludes halogenated alkanes) is 1. The first-order valence-electron chi connectivity index (χ1n) is 11.4. The molecule has 1 aromatic heterocycles. The minimum absolute atomic E-state index is 0.0914. The van der Waals surface area contributed by atoms with Gasteiger partial charge in [0.05, 0.1) is 23.6 Å². The quantitative estimate of drug-likeness (QED) is 0.255. The Morgan fingerprint density at radius 2 is 1.91 bits per heavy atom. The van der Waals surface area contributed by atoms with Gasteiger partial charge in [-0.2, -0.15) is 13.2 Å². The smallest absolute Gasteiger partial charge is 0.416 e. The Hall–Kier alpha value is -2.84. The largest absolute Gasteiger partial charge is 0.481 e. The number of benzene rings is 1. The number of halogens is 3. The van der Waals surface area contributed by atoms with Gasteiger partial charge in [0.25, 0.3) is 0 Å². The van der Waals surface area contributed by atoms with E-state index in [1.54, 1.807) is 12.5 Å². The number of alkyl halides is 3. The molecule has 0 radical (unpaired) electrons. The van der Waals surface area contributed by atoms with E-state index in [1.807, 2.05) is 10.8 Å². The number of hydrogen-bond donors (Lipinski definition) is 1. The highest BCUT2D eigenvalue weighted by molar-refractivity contribution is 5.90. The molecule has 6 nitrogen and oxygen atoms in total. The number of oxime groups is 1. The van der Waals surface area contributed by atoms with Crippen molar-refractivity contribution < 1.29 is 27.9 Å². The molecule has 1 unspecified atom stereocenters. The third-order valence-electron chi connectivity index (χ3n) is 6.01.